The first-order chi connectivity index (χ1) is 14.1. The zero-order valence-electron chi connectivity index (χ0n) is 16.1. The van der Waals surface area contributed by atoms with Gasteiger partial charge in [-0.05, 0) is 37.3 Å². The minimum absolute atomic E-state index is 0.112. The standard InChI is InChI=1S/C21H22ClN5OS/c1-15-4-2-7-19(23-15)25-21-24-17(14-29-21)13-20(28)27-10-8-26(9-11-27)18-6-3-5-16(22)12-18/h2-7,12,14H,8-11,13H2,1H3,(H,23,24,25). The zero-order chi connectivity index (χ0) is 20.2. The Morgan fingerprint density at radius 1 is 1.14 bits per heavy atom. The van der Waals surface area contributed by atoms with Crippen molar-refractivity contribution in [1.29, 1.82) is 0 Å². The lowest BCUT2D eigenvalue weighted by atomic mass is 10.2. The first kappa shape index (κ1) is 19.7. The van der Waals surface area contributed by atoms with Crippen molar-refractivity contribution in [3.63, 3.8) is 0 Å². The molecule has 0 unspecified atom stereocenters. The Balaban J connectivity index is 1.30. The summed E-state index contributed by atoms with van der Waals surface area (Å²) in [6.07, 6.45) is 0.316. The molecule has 1 amide bonds. The van der Waals surface area contributed by atoms with Crippen LogP contribution in [0.15, 0.2) is 47.8 Å². The molecule has 4 rings (SSSR count). The van der Waals surface area contributed by atoms with Gasteiger partial charge in [-0.3, -0.25) is 4.79 Å². The number of thiazole rings is 1. The molecule has 1 fully saturated rings. The summed E-state index contributed by atoms with van der Waals surface area (Å²) in [5.74, 6) is 0.871. The lowest BCUT2D eigenvalue weighted by molar-refractivity contribution is -0.130. The van der Waals surface area contributed by atoms with Crippen LogP contribution in [0.5, 0.6) is 0 Å². The van der Waals surface area contributed by atoms with Crippen LogP contribution in [-0.2, 0) is 11.2 Å². The third kappa shape index (κ3) is 5.05. The molecule has 2 aromatic heterocycles. The molecule has 0 atom stereocenters. The zero-order valence-corrected chi connectivity index (χ0v) is 17.7. The quantitative estimate of drug-likeness (QED) is 0.663. The summed E-state index contributed by atoms with van der Waals surface area (Å²) in [5.41, 5.74) is 2.83. The van der Waals surface area contributed by atoms with E-state index in [0.717, 1.165) is 46.1 Å². The number of pyridine rings is 1. The monoisotopic (exact) mass is 427 g/mol. The Hall–Kier alpha value is -2.64. The number of hydrogen-bond donors (Lipinski definition) is 1. The van der Waals surface area contributed by atoms with Crippen LogP contribution in [0.4, 0.5) is 16.6 Å². The molecule has 0 spiro atoms. The first-order valence-corrected chi connectivity index (χ1v) is 10.8. The largest absolute Gasteiger partial charge is 0.368 e. The molecule has 0 aliphatic carbocycles. The summed E-state index contributed by atoms with van der Waals surface area (Å²) in [7, 11) is 0. The molecule has 3 aromatic rings. The van der Waals surface area contributed by atoms with E-state index in [1.807, 2.05) is 53.6 Å². The fourth-order valence-electron chi connectivity index (χ4n) is 3.32. The van der Waals surface area contributed by atoms with Crippen LogP contribution in [-0.4, -0.2) is 47.0 Å². The molecule has 1 aromatic carbocycles. The summed E-state index contributed by atoms with van der Waals surface area (Å²) in [6, 6.07) is 13.6. The van der Waals surface area contributed by atoms with Gasteiger partial charge in [0.15, 0.2) is 5.13 Å². The van der Waals surface area contributed by atoms with Crippen molar-refractivity contribution in [3.8, 4) is 0 Å². The van der Waals surface area contributed by atoms with Crippen molar-refractivity contribution >= 4 is 45.5 Å². The lowest BCUT2D eigenvalue weighted by Gasteiger charge is -2.36. The summed E-state index contributed by atoms with van der Waals surface area (Å²) in [6.45, 7) is 4.95. The van der Waals surface area contributed by atoms with Crippen molar-refractivity contribution in [3.05, 3.63) is 64.3 Å². The molecule has 0 saturated carbocycles. The molecule has 150 valence electrons. The van der Waals surface area contributed by atoms with Crippen LogP contribution in [0, 0.1) is 6.92 Å². The number of carbonyl (C=O) groups is 1. The van der Waals surface area contributed by atoms with E-state index in [4.69, 9.17) is 11.6 Å². The van der Waals surface area contributed by atoms with Crippen molar-refractivity contribution in [1.82, 2.24) is 14.9 Å². The smallest absolute Gasteiger partial charge is 0.228 e. The summed E-state index contributed by atoms with van der Waals surface area (Å²) < 4.78 is 0. The van der Waals surface area contributed by atoms with Crippen molar-refractivity contribution < 1.29 is 4.79 Å². The molecule has 6 nitrogen and oxygen atoms in total. The van der Waals surface area contributed by atoms with Gasteiger partial charge >= 0.3 is 0 Å². The van der Waals surface area contributed by atoms with Crippen LogP contribution in [0.2, 0.25) is 5.02 Å². The van der Waals surface area contributed by atoms with E-state index in [2.05, 4.69) is 26.3 Å². The molecule has 1 saturated heterocycles. The fourth-order valence-corrected chi connectivity index (χ4v) is 4.22. The van der Waals surface area contributed by atoms with Crippen molar-refractivity contribution in [2.75, 3.05) is 36.4 Å². The highest BCUT2D eigenvalue weighted by Crippen LogP contribution is 2.22. The predicted molar refractivity (Wildman–Crippen MR) is 118 cm³/mol. The summed E-state index contributed by atoms with van der Waals surface area (Å²) >= 11 is 7.57. The number of nitrogens with one attached hydrogen (secondary N) is 1. The Morgan fingerprint density at radius 2 is 1.93 bits per heavy atom. The van der Waals surface area contributed by atoms with E-state index < -0.39 is 0 Å². The molecule has 0 radical (unpaired) electrons. The van der Waals surface area contributed by atoms with E-state index in [1.165, 1.54) is 11.3 Å². The first-order valence-electron chi connectivity index (χ1n) is 9.50. The maximum Gasteiger partial charge on any atom is 0.228 e. The molecular weight excluding hydrogens is 406 g/mol. The maximum absolute atomic E-state index is 12.7. The second-order valence-corrected chi connectivity index (χ2v) is 8.25. The van der Waals surface area contributed by atoms with Gasteiger partial charge in [0.1, 0.15) is 5.82 Å². The van der Waals surface area contributed by atoms with Gasteiger partial charge in [-0.2, -0.15) is 0 Å². The molecular formula is C21H22ClN5OS. The highest BCUT2D eigenvalue weighted by Gasteiger charge is 2.22. The van der Waals surface area contributed by atoms with Gasteiger partial charge in [-0.1, -0.05) is 23.7 Å². The van der Waals surface area contributed by atoms with E-state index in [9.17, 15) is 4.79 Å². The third-order valence-corrected chi connectivity index (χ3v) is 5.85. The highest BCUT2D eigenvalue weighted by atomic mass is 35.5. The van der Waals surface area contributed by atoms with Gasteiger partial charge in [0.05, 0.1) is 12.1 Å². The van der Waals surface area contributed by atoms with Crippen molar-refractivity contribution in [2.24, 2.45) is 0 Å². The minimum atomic E-state index is 0.112. The molecule has 0 bridgehead atoms. The SMILES string of the molecule is Cc1cccc(Nc2nc(CC(=O)N3CCN(c4cccc(Cl)c4)CC3)cs2)n1. The number of aryl methyl sites for hydroxylation is 1. The van der Waals surface area contributed by atoms with Crippen LogP contribution < -0.4 is 10.2 Å². The van der Waals surface area contributed by atoms with Gasteiger partial charge in [-0.25, -0.2) is 9.97 Å². The van der Waals surface area contributed by atoms with Crippen molar-refractivity contribution in [2.45, 2.75) is 13.3 Å². The number of nitrogens with zero attached hydrogens (tertiary/aromatic N) is 4. The number of rotatable bonds is 5. The summed E-state index contributed by atoms with van der Waals surface area (Å²) in [5, 5.41) is 6.61. The lowest BCUT2D eigenvalue weighted by Crippen LogP contribution is -2.49. The topological polar surface area (TPSA) is 61.4 Å². The average Bonchev–Trinajstić information content (AvgIpc) is 3.15. The van der Waals surface area contributed by atoms with Crippen LogP contribution in [0.1, 0.15) is 11.4 Å². The molecule has 3 heterocycles. The van der Waals surface area contributed by atoms with Gasteiger partial charge in [0, 0.05) is 48.0 Å². The molecule has 29 heavy (non-hydrogen) atoms. The highest BCUT2D eigenvalue weighted by molar-refractivity contribution is 7.13. The Morgan fingerprint density at radius 3 is 2.69 bits per heavy atom. The van der Waals surface area contributed by atoms with Gasteiger partial charge in [0.25, 0.3) is 0 Å². The number of halogens is 1. The number of hydrogen-bond acceptors (Lipinski definition) is 6. The number of aromatic nitrogens is 2. The van der Waals surface area contributed by atoms with Crippen LogP contribution in [0.25, 0.3) is 0 Å². The molecule has 1 aliphatic rings. The number of carbonyl (C=O) groups excluding carboxylic acids is 1. The van der Waals surface area contributed by atoms with Gasteiger partial charge in [-0.15, -0.1) is 11.3 Å². The molecule has 1 aliphatic heterocycles. The Kier molecular flexibility index (Phi) is 5.97. The molecule has 1 N–H and O–H groups in total. The Labute approximate surface area is 179 Å². The molecule has 8 heteroatoms. The van der Waals surface area contributed by atoms with E-state index >= 15 is 0 Å². The number of amides is 1. The van der Waals surface area contributed by atoms with E-state index in [1.54, 1.807) is 0 Å². The predicted octanol–water partition coefficient (Wildman–Crippen LogP) is 4.13. The second-order valence-electron chi connectivity index (χ2n) is 6.96. The minimum Gasteiger partial charge on any atom is -0.368 e. The number of benzene rings is 1. The van der Waals surface area contributed by atoms with E-state index in [0.29, 0.717) is 19.5 Å². The fraction of sp³-hybridized carbons (Fsp3) is 0.286. The second kappa shape index (κ2) is 8.80. The van der Waals surface area contributed by atoms with Crippen LogP contribution >= 0.6 is 22.9 Å². The van der Waals surface area contributed by atoms with Gasteiger partial charge < -0.3 is 15.1 Å². The number of anilines is 3. The average molecular weight is 428 g/mol. The maximum atomic E-state index is 12.7. The van der Waals surface area contributed by atoms with E-state index in [-0.39, 0.29) is 5.91 Å². The number of piperazine rings is 1. The summed E-state index contributed by atoms with van der Waals surface area (Å²) in [4.78, 5) is 25.8. The Bertz CT molecular complexity index is 1000. The third-order valence-electron chi connectivity index (χ3n) is 4.81. The van der Waals surface area contributed by atoms with Crippen LogP contribution in [0.3, 0.4) is 0 Å². The van der Waals surface area contributed by atoms with Gasteiger partial charge in [0.2, 0.25) is 5.91 Å². The normalized spacial score (nSPS) is 14.1.